The molecule has 2 aromatic rings. The smallest absolute Gasteiger partial charge is 0.181 e. The van der Waals surface area contributed by atoms with Gasteiger partial charge in [0.1, 0.15) is 0 Å². The van der Waals surface area contributed by atoms with Crippen LogP contribution in [0.2, 0.25) is 0 Å². The maximum absolute atomic E-state index is 4.04. The van der Waals surface area contributed by atoms with Gasteiger partial charge in [0.15, 0.2) is 5.82 Å². The van der Waals surface area contributed by atoms with Crippen molar-refractivity contribution < 1.29 is 0 Å². The first-order chi connectivity index (χ1) is 9.33. The molecule has 1 fully saturated rings. The van der Waals surface area contributed by atoms with Gasteiger partial charge in [0.2, 0.25) is 0 Å². The van der Waals surface area contributed by atoms with Gasteiger partial charge in [-0.25, -0.2) is 4.68 Å². The molecule has 0 aliphatic carbocycles. The zero-order chi connectivity index (χ0) is 13.1. The number of anilines is 1. The van der Waals surface area contributed by atoms with Gasteiger partial charge in [-0.2, -0.15) is 11.8 Å². The van der Waals surface area contributed by atoms with Gasteiger partial charge in [0.25, 0.3) is 0 Å². The van der Waals surface area contributed by atoms with Crippen molar-refractivity contribution in [1.82, 2.24) is 20.2 Å². The number of aryl methyl sites for hydroxylation is 1. The summed E-state index contributed by atoms with van der Waals surface area (Å²) < 4.78 is 1.69. The van der Waals surface area contributed by atoms with E-state index in [-0.39, 0.29) is 0 Å². The summed E-state index contributed by atoms with van der Waals surface area (Å²) in [5.41, 5.74) is 2.19. The van der Waals surface area contributed by atoms with Crippen LogP contribution in [-0.2, 0) is 7.05 Å². The number of nitrogens with zero attached hydrogens (tertiary/aromatic N) is 4. The lowest BCUT2D eigenvalue weighted by molar-refractivity contribution is 0.685. The first-order valence-electron chi connectivity index (χ1n) is 6.50. The minimum absolute atomic E-state index is 0.576. The van der Waals surface area contributed by atoms with E-state index in [1.807, 2.05) is 30.9 Å². The second-order valence-corrected chi connectivity index (χ2v) is 5.92. The quantitative estimate of drug-likeness (QED) is 0.930. The van der Waals surface area contributed by atoms with Gasteiger partial charge in [0, 0.05) is 30.1 Å². The average Bonchev–Trinajstić information content (AvgIpc) is 2.86. The molecule has 0 amide bonds. The fourth-order valence-corrected chi connectivity index (χ4v) is 3.38. The van der Waals surface area contributed by atoms with E-state index in [1.54, 1.807) is 4.68 Å². The Hall–Kier alpha value is -1.56. The highest BCUT2D eigenvalue weighted by Gasteiger charge is 2.14. The molecule has 1 aromatic carbocycles. The van der Waals surface area contributed by atoms with Gasteiger partial charge in [-0.15, -0.1) is 5.10 Å². The number of thioether (sulfide) groups is 1. The highest BCUT2D eigenvalue weighted by molar-refractivity contribution is 7.99. The molecule has 0 saturated carbocycles. The third-order valence-corrected chi connectivity index (χ3v) is 4.49. The molecule has 1 N–H and O–H groups in total. The van der Waals surface area contributed by atoms with E-state index in [9.17, 15) is 0 Å². The number of aromatic nitrogens is 4. The van der Waals surface area contributed by atoms with E-state index in [0.29, 0.717) is 6.04 Å². The van der Waals surface area contributed by atoms with E-state index in [1.165, 1.54) is 24.3 Å². The molecule has 19 heavy (non-hydrogen) atoms. The number of nitrogens with one attached hydrogen (secondary N) is 1. The summed E-state index contributed by atoms with van der Waals surface area (Å²) in [6.45, 7) is 0. The van der Waals surface area contributed by atoms with Crippen LogP contribution in [0.3, 0.4) is 0 Å². The number of tetrazole rings is 1. The number of hydrogen-bond acceptors (Lipinski definition) is 5. The highest BCUT2D eigenvalue weighted by Crippen LogP contribution is 2.23. The fourth-order valence-electron chi connectivity index (χ4n) is 2.31. The van der Waals surface area contributed by atoms with Gasteiger partial charge >= 0.3 is 0 Å². The Morgan fingerprint density at radius 2 is 2.37 bits per heavy atom. The molecule has 0 radical (unpaired) electrons. The second kappa shape index (κ2) is 5.61. The predicted octanol–water partition coefficient (Wildman–Crippen LogP) is 2.18. The zero-order valence-corrected chi connectivity index (χ0v) is 11.7. The summed E-state index contributed by atoms with van der Waals surface area (Å²) in [5.74, 6) is 3.28. The summed E-state index contributed by atoms with van der Waals surface area (Å²) in [4.78, 5) is 0. The lowest BCUT2D eigenvalue weighted by atomic mass is 10.1. The molecular formula is C13H17N5S. The van der Waals surface area contributed by atoms with Crippen molar-refractivity contribution in [3.8, 4) is 11.4 Å². The van der Waals surface area contributed by atoms with E-state index in [2.05, 4.69) is 33.0 Å². The lowest BCUT2D eigenvalue weighted by Gasteiger charge is -2.23. The van der Waals surface area contributed by atoms with Gasteiger partial charge in [-0.05, 0) is 41.2 Å². The topological polar surface area (TPSA) is 55.6 Å². The summed E-state index contributed by atoms with van der Waals surface area (Å²) in [6.07, 6.45) is 2.55. The molecule has 5 nitrogen and oxygen atoms in total. The fraction of sp³-hybridized carbons (Fsp3) is 0.462. The van der Waals surface area contributed by atoms with Crippen LogP contribution in [0.15, 0.2) is 24.3 Å². The van der Waals surface area contributed by atoms with Crippen LogP contribution < -0.4 is 5.32 Å². The lowest BCUT2D eigenvalue weighted by Crippen LogP contribution is -2.25. The first-order valence-corrected chi connectivity index (χ1v) is 7.65. The van der Waals surface area contributed by atoms with Gasteiger partial charge in [0.05, 0.1) is 0 Å². The molecule has 6 heteroatoms. The molecule has 1 unspecified atom stereocenters. The first kappa shape index (κ1) is 12.5. The van der Waals surface area contributed by atoms with Crippen LogP contribution in [0.1, 0.15) is 12.8 Å². The monoisotopic (exact) mass is 275 g/mol. The number of benzene rings is 1. The van der Waals surface area contributed by atoms with Crippen LogP contribution in [0.25, 0.3) is 11.4 Å². The summed E-state index contributed by atoms with van der Waals surface area (Å²) in [6, 6.07) is 8.87. The van der Waals surface area contributed by atoms with E-state index < -0.39 is 0 Å². The SMILES string of the molecule is Cn1nnnc1-c1cccc(NC2CCCSC2)c1. The van der Waals surface area contributed by atoms with Crippen molar-refractivity contribution in [2.45, 2.75) is 18.9 Å². The van der Waals surface area contributed by atoms with Crippen molar-refractivity contribution in [3.05, 3.63) is 24.3 Å². The summed E-state index contributed by atoms with van der Waals surface area (Å²) in [7, 11) is 1.85. The maximum Gasteiger partial charge on any atom is 0.181 e. The average molecular weight is 275 g/mol. The Morgan fingerprint density at radius 3 is 3.11 bits per heavy atom. The molecule has 1 aliphatic rings. The van der Waals surface area contributed by atoms with Crippen LogP contribution in [0.5, 0.6) is 0 Å². The van der Waals surface area contributed by atoms with Gasteiger partial charge < -0.3 is 5.32 Å². The highest BCUT2D eigenvalue weighted by atomic mass is 32.2. The van der Waals surface area contributed by atoms with Crippen LogP contribution in [0.4, 0.5) is 5.69 Å². The predicted molar refractivity (Wildman–Crippen MR) is 78.2 cm³/mol. The van der Waals surface area contributed by atoms with Crippen LogP contribution in [-0.4, -0.2) is 37.8 Å². The molecular weight excluding hydrogens is 258 g/mol. The van der Waals surface area contributed by atoms with Crippen LogP contribution in [0, 0.1) is 0 Å². The molecule has 0 bridgehead atoms. The molecule has 1 aromatic heterocycles. The Bertz CT molecular complexity index is 547. The Labute approximate surface area is 116 Å². The standard InChI is InChI=1S/C13H17N5S/c1-18-13(15-16-17-18)10-4-2-5-11(8-10)14-12-6-3-7-19-9-12/h2,4-5,8,12,14H,3,6-7,9H2,1H3. The summed E-state index contributed by atoms with van der Waals surface area (Å²) >= 11 is 2.03. The number of hydrogen-bond donors (Lipinski definition) is 1. The van der Waals surface area contributed by atoms with Gasteiger partial charge in [-0.3, -0.25) is 0 Å². The minimum atomic E-state index is 0.576. The largest absolute Gasteiger partial charge is 0.381 e. The molecule has 2 heterocycles. The van der Waals surface area contributed by atoms with E-state index in [4.69, 9.17) is 0 Å². The Kier molecular flexibility index (Phi) is 3.68. The molecule has 1 aliphatic heterocycles. The third kappa shape index (κ3) is 2.89. The maximum atomic E-state index is 4.04. The summed E-state index contributed by atoms with van der Waals surface area (Å²) in [5, 5.41) is 15.2. The zero-order valence-electron chi connectivity index (χ0n) is 10.9. The van der Waals surface area contributed by atoms with Crippen LogP contribution >= 0.6 is 11.8 Å². The molecule has 100 valence electrons. The minimum Gasteiger partial charge on any atom is -0.381 e. The van der Waals surface area contributed by atoms with Crippen molar-refractivity contribution in [3.63, 3.8) is 0 Å². The molecule has 3 rings (SSSR count). The normalized spacial score (nSPS) is 19.3. The Morgan fingerprint density at radius 1 is 1.42 bits per heavy atom. The third-order valence-electron chi connectivity index (χ3n) is 3.27. The molecule has 1 atom stereocenters. The van der Waals surface area contributed by atoms with Gasteiger partial charge in [-0.1, -0.05) is 12.1 Å². The van der Waals surface area contributed by atoms with E-state index >= 15 is 0 Å². The van der Waals surface area contributed by atoms with E-state index in [0.717, 1.165) is 17.1 Å². The van der Waals surface area contributed by atoms with Crippen molar-refractivity contribution in [2.75, 3.05) is 16.8 Å². The second-order valence-electron chi connectivity index (χ2n) is 4.77. The van der Waals surface area contributed by atoms with Crippen molar-refractivity contribution in [1.29, 1.82) is 0 Å². The number of rotatable bonds is 3. The Balaban J connectivity index is 1.78. The molecule has 1 saturated heterocycles. The van der Waals surface area contributed by atoms with Crippen molar-refractivity contribution in [2.24, 2.45) is 7.05 Å². The van der Waals surface area contributed by atoms with Crippen molar-refractivity contribution >= 4 is 17.4 Å². The molecule has 0 spiro atoms.